The van der Waals surface area contributed by atoms with E-state index in [2.05, 4.69) is 20.6 Å². The molecule has 0 aliphatic rings. The predicted molar refractivity (Wildman–Crippen MR) is 105 cm³/mol. The Hall–Kier alpha value is -3.41. The molecule has 0 fully saturated rings. The van der Waals surface area contributed by atoms with Gasteiger partial charge in [-0.2, -0.15) is 0 Å². The highest BCUT2D eigenvalue weighted by Crippen LogP contribution is 2.21. The zero-order valence-electron chi connectivity index (χ0n) is 15.3. The molecule has 1 amide bonds. The average molecular weight is 362 g/mol. The second-order valence-electron chi connectivity index (χ2n) is 6.32. The lowest BCUT2D eigenvalue weighted by atomic mass is 10.2. The summed E-state index contributed by atoms with van der Waals surface area (Å²) in [5, 5.41) is 6.11. The highest BCUT2D eigenvalue weighted by molar-refractivity contribution is 5.94. The fourth-order valence-corrected chi connectivity index (χ4v) is 2.48. The van der Waals surface area contributed by atoms with Crippen molar-refractivity contribution in [3.63, 3.8) is 0 Å². The van der Waals surface area contributed by atoms with Gasteiger partial charge in [0.15, 0.2) is 0 Å². The number of aromatic nitrogens is 2. The zero-order chi connectivity index (χ0) is 19.1. The van der Waals surface area contributed by atoms with Gasteiger partial charge < -0.3 is 15.4 Å². The summed E-state index contributed by atoms with van der Waals surface area (Å²) < 4.78 is 5.64. The van der Waals surface area contributed by atoms with Crippen LogP contribution in [0.2, 0.25) is 0 Å². The molecule has 0 saturated heterocycles. The smallest absolute Gasteiger partial charge is 0.253 e. The number of anilines is 2. The summed E-state index contributed by atoms with van der Waals surface area (Å²) in [6.45, 7) is 4.40. The number of amides is 1. The van der Waals surface area contributed by atoms with Crippen LogP contribution in [0.4, 0.5) is 11.4 Å². The summed E-state index contributed by atoms with van der Waals surface area (Å²) >= 11 is 0. The third kappa shape index (κ3) is 5.54. The number of benzene rings is 1. The summed E-state index contributed by atoms with van der Waals surface area (Å²) in [5.74, 6) is 0.632. The number of rotatable bonds is 7. The van der Waals surface area contributed by atoms with E-state index in [-0.39, 0.29) is 12.0 Å². The molecule has 1 aromatic carbocycles. The first kappa shape index (κ1) is 18.4. The highest BCUT2D eigenvalue weighted by atomic mass is 16.5. The van der Waals surface area contributed by atoms with Gasteiger partial charge in [-0.05, 0) is 55.8 Å². The van der Waals surface area contributed by atoms with Crippen molar-refractivity contribution in [2.75, 3.05) is 5.32 Å². The van der Waals surface area contributed by atoms with Crippen molar-refractivity contribution >= 4 is 17.3 Å². The van der Waals surface area contributed by atoms with Crippen LogP contribution < -0.4 is 15.4 Å². The Morgan fingerprint density at radius 1 is 1.04 bits per heavy atom. The van der Waals surface area contributed by atoms with Crippen LogP contribution in [-0.4, -0.2) is 22.0 Å². The van der Waals surface area contributed by atoms with Crippen LogP contribution in [0.1, 0.15) is 29.8 Å². The largest absolute Gasteiger partial charge is 0.491 e. The van der Waals surface area contributed by atoms with Gasteiger partial charge in [-0.1, -0.05) is 6.07 Å². The van der Waals surface area contributed by atoms with Crippen LogP contribution in [0, 0.1) is 0 Å². The SMILES string of the molecule is CC(C)Oc1ccc(Nc2cncc(C(=O)NCc3cccnc3)c2)cc1. The molecule has 6 heteroatoms. The lowest BCUT2D eigenvalue weighted by Crippen LogP contribution is -2.23. The van der Waals surface area contributed by atoms with Crippen LogP contribution >= 0.6 is 0 Å². The molecule has 2 aromatic heterocycles. The van der Waals surface area contributed by atoms with Gasteiger partial charge in [0.1, 0.15) is 5.75 Å². The Morgan fingerprint density at radius 3 is 2.56 bits per heavy atom. The molecule has 0 bridgehead atoms. The van der Waals surface area contributed by atoms with E-state index < -0.39 is 0 Å². The average Bonchev–Trinajstić information content (AvgIpc) is 2.68. The van der Waals surface area contributed by atoms with Crippen LogP contribution in [0.5, 0.6) is 5.75 Å². The molecule has 3 rings (SSSR count). The first-order chi connectivity index (χ1) is 13.1. The normalized spacial score (nSPS) is 10.5. The number of hydrogen-bond acceptors (Lipinski definition) is 5. The van der Waals surface area contributed by atoms with E-state index in [1.807, 2.05) is 50.2 Å². The minimum Gasteiger partial charge on any atom is -0.491 e. The van der Waals surface area contributed by atoms with E-state index in [4.69, 9.17) is 4.74 Å². The minimum atomic E-state index is -0.185. The van der Waals surface area contributed by atoms with Crippen molar-refractivity contribution in [2.45, 2.75) is 26.5 Å². The number of hydrogen-bond donors (Lipinski definition) is 2. The Morgan fingerprint density at radius 2 is 1.85 bits per heavy atom. The van der Waals surface area contributed by atoms with Crippen molar-refractivity contribution < 1.29 is 9.53 Å². The summed E-state index contributed by atoms with van der Waals surface area (Å²) in [6.07, 6.45) is 6.78. The van der Waals surface area contributed by atoms with Crippen LogP contribution in [-0.2, 0) is 6.54 Å². The first-order valence-corrected chi connectivity index (χ1v) is 8.76. The molecule has 0 saturated carbocycles. The number of carbonyl (C=O) groups excluding carboxylic acids is 1. The van der Waals surface area contributed by atoms with Gasteiger partial charge in [0.2, 0.25) is 0 Å². The molecular weight excluding hydrogens is 340 g/mol. The molecule has 138 valence electrons. The topological polar surface area (TPSA) is 76.1 Å². The van der Waals surface area contributed by atoms with Gasteiger partial charge in [0, 0.05) is 30.8 Å². The van der Waals surface area contributed by atoms with Gasteiger partial charge in [0.05, 0.1) is 23.6 Å². The summed E-state index contributed by atoms with van der Waals surface area (Å²) in [4.78, 5) is 20.5. The molecule has 0 radical (unpaired) electrons. The zero-order valence-corrected chi connectivity index (χ0v) is 15.3. The lowest BCUT2D eigenvalue weighted by Gasteiger charge is -2.11. The van der Waals surface area contributed by atoms with E-state index in [9.17, 15) is 4.79 Å². The minimum absolute atomic E-state index is 0.134. The fourth-order valence-electron chi connectivity index (χ4n) is 2.48. The van der Waals surface area contributed by atoms with Gasteiger partial charge in [-0.15, -0.1) is 0 Å². The third-order valence-corrected chi connectivity index (χ3v) is 3.69. The highest BCUT2D eigenvalue weighted by Gasteiger charge is 2.07. The van der Waals surface area contributed by atoms with Gasteiger partial charge in [-0.3, -0.25) is 14.8 Å². The molecule has 6 nitrogen and oxygen atoms in total. The van der Waals surface area contributed by atoms with Crippen LogP contribution in [0.3, 0.4) is 0 Å². The number of ether oxygens (including phenoxy) is 1. The van der Waals surface area contributed by atoms with Crippen molar-refractivity contribution in [2.24, 2.45) is 0 Å². The number of nitrogens with zero attached hydrogens (tertiary/aromatic N) is 2. The van der Waals surface area contributed by atoms with Crippen molar-refractivity contribution in [1.29, 1.82) is 0 Å². The Bertz CT molecular complexity index is 880. The van der Waals surface area contributed by atoms with E-state index in [1.165, 1.54) is 0 Å². The molecule has 3 aromatic rings. The summed E-state index contributed by atoms with van der Waals surface area (Å²) in [5.41, 5.74) is 3.06. The van der Waals surface area contributed by atoms with Crippen molar-refractivity contribution in [1.82, 2.24) is 15.3 Å². The molecule has 2 N–H and O–H groups in total. The molecule has 0 unspecified atom stereocenters. The predicted octanol–water partition coefficient (Wildman–Crippen LogP) is 3.94. The monoisotopic (exact) mass is 362 g/mol. The van der Waals surface area contributed by atoms with E-state index in [0.29, 0.717) is 12.1 Å². The van der Waals surface area contributed by atoms with Crippen molar-refractivity contribution in [3.05, 3.63) is 78.4 Å². The first-order valence-electron chi connectivity index (χ1n) is 8.76. The van der Waals surface area contributed by atoms with Gasteiger partial charge in [-0.25, -0.2) is 0 Å². The van der Waals surface area contributed by atoms with Crippen LogP contribution in [0.15, 0.2) is 67.3 Å². The maximum atomic E-state index is 12.4. The standard InChI is InChI=1S/C21H22N4O2/c1-15(2)27-20-7-5-18(6-8-20)25-19-10-17(13-23-14-19)21(26)24-12-16-4-3-9-22-11-16/h3-11,13-15,25H,12H2,1-2H3,(H,24,26). The third-order valence-electron chi connectivity index (χ3n) is 3.69. The molecule has 0 aliphatic heterocycles. The molecular formula is C21H22N4O2. The Balaban J connectivity index is 1.62. The van der Waals surface area contributed by atoms with E-state index in [0.717, 1.165) is 22.7 Å². The fraction of sp³-hybridized carbons (Fsp3) is 0.190. The molecule has 0 atom stereocenters. The number of nitrogens with one attached hydrogen (secondary N) is 2. The quantitative estimate of drug-likeness (QED) is 0.666. The Labute approximate surface area is 158 Å². The Kier molecular flexibility index (Phi) is 5.99. The summed E-state index contributed by atoms with van der Waals surface area (Å²) in [7, 11) is 0. The maximum absolute atomic E-state index is 12.4. The van der Waals surface area contributed by atoms with Crippen molar-refractivity contribution in [3.8, 4) is 5.75 Å². The summed E-state index contributed by atoms with van der Waals surface area (Å²) in [6, 6.07) is 13.2. The second-order valence-corrected chi connectivity index (χ2v) is 6.32. The van der Waals surface area contributed by atoms with Gasteiger partial charge in [0.25, 0.3) is 5.91 Å². The molecule has 0 aliphatic carbocycles. The molecule has 2 heterocycles. The van der Waals surface area contributed by atoms with Crippen LogP contribution in [0.25, 0.3) is 0 Å². The molecule has 27 heavy (non-hydrogen) atoms. The van der Waals surface area contributed by atoms with E-state index >= 15 is 0 Å². The molecule has 0 spiro atoms. The maximum Gasteiger partial charge on any atom is 0.253 e. The lowest BCUT2D eigenvalue weighted by molar-refractivity contribution is 0.0950. The van der Waals surface area contributed by atoms with Gasteiger partial charge >= 0.3 is 0 Å². The number of pyridine rings is 2. The second kappa shape index (κ2) is 8.80. The van der Waals surface area contributed by atoms with E-state index in [1.54, 1.807) is 30.9 Å². The number of carbonyl (C=O) groups is 1.